The zero-order chi connectivity index (χ0) is 18.6. The van der Waals surface area contributed by atoms with Crippen molar-refractivity contribution < 1.29 is 18.3 Å². The van der Waals surface area contributed by atoms with E-state index >= 15 is 0 Å². The summed E-state index contributed by atoms with van der Waals surface area (Å²) in [5.41, 5.74) is 1.28. The van der Waals surface area contributed by atoms with Crippen molar-refractivity contribution >= 4 is 22.6 Å². The SMILES string of the molecule is O=C(Nc1ccccc1F)c1oc2ccccc2c1COc1ccccc1. The Morgan fingerprint density at radius 2 is 1.63 bits per heavy atom. The van der Waals surface area contributed by atoms with Gasteiger partial charge in [-0.15, -0.1) is 0 Å². The summed E-state index contributed by atoms with van der Waals surface area (Å²) in [6.07, 6.45) is 0. The lowest BCUT2D eigenvalue weighted by Gasteiger charge is -2.08. The number of halogens is 1. The molecule has 0 saturated carbocycles. The van der Waals surface area contributed by atoms with Crippen molar-refractivity contribution in [2.24, 2.45) is 0 Å². The lowest BCUT2D eigenvalue weighted by atomic mass is 10.1. The molecule has 0 spiro atoms. The maximum absolute atomic E-state index is 13.9. The molecule has 3 aromatic carbocycles. The number of para-hydroxylation sites is 3. The number of anilines is 1. The molecule has 27 heavy (non-hydrogen) atoms. The molecular formula is C22H16FNO3. The number of furan rings is 1. The third-order valence-corrected chi connectivity index (χ3v) is 4.15. The summed E-state index contributed by atoms with van der Waals surface area (Å²) in [7, 11) is 0. The maximum atomic E-state index is 13.9. The quantitative estimate of drug-likeness (QED) is 0.517. The Balaban J connectivity index is 1.67. The Morgan fingerprint density at radius 3 is 2.44 bits per heavy atom. The van der Waals surface area contributed by atoms with Crippen molar-refractivity contribution in [2.45, 2.75) is 6.61 Å². The molecule has 5 heteroatoms. The van der Waals surface area contributed by atoms with E-state index in [0.717, 1.165) is 5.39 Å². The number of nitrogens with one attached hydrogen (secondary N) is 1. The van der Waals surface area contributed by atoms with Gasteiger partial charge in [0, 0.05) is 10.9 Å². The fourth-order valence-electron chi connectivity index (χ4n) is 2.84. The van der Waals surface area contributed by atoms with Gasteiger partial charge in [-0.3, -0.25) is 4.79 Å². The number of ether oxygens (including phenoxy) is 1. The molecule has 0 fully saturated rings. The molecule has 0 aliphatic carbocycles. The van der Waals surface area contributed by atoms with Crippen LogP contribution in [0, 0.1) is 5.82 Å². The third-order valence-electron chi connectivity index (χ3n) is 4.15. The van der Waals surface area contributed by atoms with E-state index in [1.165, 1.54) is 12.1 Å². The fraction of sp³-hybridized carbons (Fsp3) is 0.0455. The lowest BCUT2D eigenvalue weighted by molar-refractivity contribution is 0.0995. The number of amides is 1. The molecule has 4 rings (SSSR count). The van der Waals surface area contributed by atoms with E-state index < -0.39 is 11.7 Å². The molecule has 0 saturated heterocycles. The topological polar surface area (TPSA) is 51.5 Å². The van der Waals surface area contributed by atoms with Crippen molar-refractivity contribution in [1.29, 1.82) is 0 Å². The highest BCUT2D eigenvalue weighted by Crippen LogP contribution is 2.28. The molecule has 134 valence electrons. The van der Waals surface area contributed by atoms with Crippen LogP contribution >= 0.6 is 0 Å². The second-order valence-corrected chi connectivity index (χ2v) is 5.94. The second kappa shape index (κ2) is 7.33. The number of benzene rings is 3. The normalized spacial score (nSPS) is 10.7. The Kier molecular flexibility index (Phi) is 4.58. The second-order valence-electron chi connectivity index (χ2n) is 5.94. The van der Waals surface area contributed by atoms with Gasteiger partial charge in [-0.1, -0.05) is 48.5 Å². The van der Waals surface area contributed by atoms with Crippen LogP contribution in [-0.2, 0) is 6.61 Å². The highest BCUT2D eigenvalue weighted by Gasteiger charge is 2.22. The van der Waals surface area contributed by atoms with Crippen molar-refractivity contribution in [2.75, 3.05) is 5.32 Å². The molecular weight excluding hydrogens is 345 g/mol. The summed E-state index contributed by atoms with van der Waals surface area (Å²) in [5.74, 6) is -0.245. The monoisotopic (exact) mass is 361 g/mol. The van der Waals surface area contributed by atoms with Crippen molar-refractivity contribution in [3.63, 3.8) is 0 Å². The van der Waals surface area contributed by atoms with Gasteiger partial charge in [-0.2, -0.15) is 0 Å². The van der Waals surface area contributed by atoms with Gasteiger partial charge in [0.05, 0.1) is 5.69 Å². The minimum atomic E-state index is -0.525. The first-order chi connectivity index (χ1) is 13.2. The molecule has 0 atom stereocenters. The van der Waals surface area contributed by atoms with Crippen LogP contribution in [0.3, 0.4) is 0 Å². The molecule has 0 radical (unpaired) electrons. The van der Waals surface area contributed by atoms with Crippen LogP contribution < -0.4 is 10.1 Å². The van der Waals surface area contributed by atoms with Crippen LogP contribution in [0.25, 0.3) is 11.0 Å². The number of carbonyl (C=O) groups is 1. The number of fused-ring (bicyclic) bond motifs is 1. The first-order valence-corrected chi connectivity index (χ1v) is 8.46. The molecule has 0 bridgehead atoms. The summed E-state index contributed by atoms with van der Waals surface area (Å²) in [6, 6.07) is 22.6. The number of hydrogen-bond acceptors (Lipinski definition) is 3. The summed E-state index contributed by atoms with van der Waals surface area (Å²) in [4.78, 5) is 12.7. The van der Waals surface area contributed by atoms with Gasteiger partial charge in [0.15, 0.2) is 5.76 Å². The molecule has 0 unspecified atom stereocenters. The molecule has 1 N–H and O–H groups in total. The van der Waals surface area contributed by atoms with Crippen molar-refractivity contribution in [1.82, 2.24) is 0 Å². The summed E-state index contributed by atoms with van der Waals surface area (Å²) in [5, 5.41) is 3.35. The highest BCUT2D eigenvalue weighted by atomic mass is 19.1. The Morgan fingerprint density at radius 1 is 0.926 bits per heavy atom. The van der Waals surface area contributed by atoms with Crippen molar-refractivity contribution in [3.05, 3.63) is 96.0 Å². The van der Waals surface area contributed by atoms with E-state index in [1.54, 1.807) is 18.2 Å². The minimum Gasteiger partial charge on any atom is -0.489 e. The molecule has 1 heterocycles. The zero-order valence-corrected chi connectivity index (χ0v) is 14.3. The summed E-state index contributed by atoms with van der Waals surface area (Å²) < 4.78 is 25.4. The fourth-order valence-corrected chi connectivity index (χ4v) is 2.84. The molecule has 1 aromatic heterocycles. The van der Waals surface area contributed by atoms with Gasteiger partial charge in [0.2, 0.25) is 0 Å². The van der Waals surface area contributed by atoms with Crippen LogP contribution in [-0.4, -0.2) is 5.91 Å². The van der Waals surface area contributed by atoms with Gasteiger partial charge in [-0.05, 0) is 30.3 Å². The van der Waals surface area contributed by atoms with E-state index in [2.05, 4.69) is 5.32 Å². The zero-order valence-electron chi connectivity index (χ0n) is 14.3. The van der Waals surface area contributed by atoms with E-state index in [0.29, 0.717) is 16.9 Å². The van der Waals surface area contributed by atoms with Crippen LogP contribution in [0.1, 0.15) is 16.1 Å². The lowest BCUT2D eigenvalue weighted by Crippen LogP contribution is -2.14. The first kappa shape index (κ1) is 16.8. The average molecular weight is 361 g/mol. The van der Waals surface area contributed by atoms with E-state index in [4.69, 9.17) is 9.15 Å². The minimum absolute atomic E-state index is 0.0953. The molecule has 4 nitrogen and oxygen atoms in total. The van der Waals surface area contributed by atoms with Crippen LogP contribution in [0.4, 0.5) is 10.1 Å². The molecule has 4 aromatic rings. The Bertz CT molecular complexity index is 1090. The van der Waals surface area contributed by atoms with Gasteiger partial charge in [0.1, 0.15) is 23.8 Å². The predicted octanol–water partition coefficient (Wildman–Crippen LogP) is 5.40. The molecule has 1 amide bonds. The standard InChI is InChI=1S/C22H16FNO3/c23-18-11-5-6-12-19(18)24-22(25)21-17(14-26-15-8-2-1-3-9-15)16-10-4-7-13-20(16)27-21/h1-13H,14H2,(H,24,25). The summed E-state index contributed by atoms with van der Waals surface area (Å²) >= 11 is 0. The van der Waals surface area contributed by atoms with E-state index in [-0.39, 0.29) is 18.1 Å². The predicted molar refractivity (Wildman–Crippen MR) is 101 cm³/mol. The average Bonchev–Trinajstić information content (AvgIpc) is 3.08. The third kappa shape index (κ3) is 3.53. The molecule has 0 aliphatic rings. The van der Waals surface area contributed by atoms with Gasteiger partial charge >= 0.3 is 0 Å². The van der Waals surface area contributed by atoms with E-state index in [1.807, 2.05) is 48.5 Å². The van der Waals surface area contributed by atoms with Crippen LogP contribution in [0.15, 0.2) is 83.3 Å². The summed E-state index contributed by atoms with van der Waals surface area (Å²) in [6.45, 7) is 0.154. The van der Waals surface area contributed by atoms with Gasteiger partial charge in [-0.25, -0.2) is 4.39 Å². The largest absolute Gasteiger partial charge is 0.489 e. The van der Waals surface area contributed by atoms with Crippen LogP contribution in [0.5, 0.6) is 5.75 Å². The van der Waals surface area contributed by atoms with Gasteiger partial charge in [0.25, 0.3) is 5.91 Å². The number of hydrogen-bond donors (Lipinski definition) is 1. The van der Waals surface area contributed by atoms with E-state index in [9.17, 15) is 9.18 Å². The Hall–Kier alpha value is -3.60. The van der Waals surface area contributed by atoms with Crippen LogP contribution in [0.2, 0.25) is 0 Å². The highest BCUT2D eigenvalue weighted by molar-refractivity contribution is 6.06. The number of rotatable bonds is 5. The number of carbonyl (C=O) groups excluding carboxylic acids is 1. The Labute approximate surface area is 155 Å². The van der Waals surface area contributed by atoms with Gasteiger partial charge < -0.3 is 14.5 Å². The first-order valence-electron chi connectivity index (χ1n) is 8.46. The van der Waals surface area contributed by atoms with Crippen molar-refractivity contribution in [3.8, 4) is 5.75 Å². The maximum Gasteiger partial charge on any atom is 0.291 e. The smallest absolute Gasteiger partial charge is 0.291 e. The molecule has 0 aliphatic heterocycles.